The van der Waals surface area contributed by atoms with E-state index < -0.39 is 0 Å². The first-order valence-electron chi connectivity index (χ1n) is 27.5. The number of para-hydroxylation sites is 1. The van der Waals surface area contributed by atoms with Gasteiger partial charge in [-0.3, -0.25) is 4.90 Å². The SMILES string of the molecule is CC(C)(C)c1ccc(N2c3cc4oc5ccccc5c4c4c3B(c3c2oc2cc5c(cc32)C(C)(C)CCC5(C)C)N(c2ccc3c(c2)C(C)(C)CCC3(C)C)c2ccc(-c3ccccc3)cc2-4)c(-c2ccccc2)c1. The molecule has 10 aromatic rings. The fraction of sp³-hybridized carbons (Fsp3) is 0.286. The van der Waals surface area contributed by atoms with E-state index in [1.807, 2.05) is 0 Å². The molecule has 4 nitrogen and oxygen atoms in total. The van der Waals surface area contributed by atoms with Crippen molar-refractivity contribution in [1.82, 2.24) is 0 Å². The first-order chi connectivity index (χ1) is 35.8. The molecule has 0 spiro atoms. The molecule has 372 valence electrons. The van der Waals surface area contributed by atoms with Crippen molar-refractivity contribution < 1.29 is 8.83 Å². The molecule has 0 amide bonds. The maximum Gasteiger partial charge on any atom is 0.337 e. The zero-order valence-corrected chi connectivity index (χ0v) is 45.6. The average Bonchev–Trinajstić information content (AvgIpc) is 4.03. The molecular weight excluding hydrogens is 912 g/mol. The molecule has 2 aliphatic heterocycles. The van der Waals surface area contributed by atoms with Crippen molar-refractivity contribution in [2.45, 2.75) is 129 Å². The van der Waals surface area contributed by atoms with Gasteiger partial charge < -0.3 is 13.6 Å². The lowest BCUT2D eigenvalue weighted by atomic mass is 9.43. The zero-order chi connectivity index (χ0) is 51.7. The summed E-state index contributed by atoms with van der Waals surface area (Å²) in [6.07, 6.45) is 4.54. The van der Waals surface area contributed by atoms with E-state index in [0.29, 0.717) is 0 Å². The van der Waals surface area contributed by atoms with Gasteiger partial charge >= 0.3 is 6.85 Å². The molecular formula is C70H67BN2O2. The van der Waals surface area contributed by atoms with Gasteiger partial charge in [-0.2, -0.15) is 0 Å². The van der Waals surface area contributed by atoms with Gasteiger partial charge in [-0.25, -0.2) is 0 Å². The van der Waals surface area contributed by atoms with Crippen LogP contribution in [0, 0.1) is 0 Å². The van der Waals surface area contributed by atoms with Gasteiger partial charge in [0.15, 0.2) is 0 Å². The van der Waals surface area contributed by atoms with Crippen LogP contribution >= 0.6 is 0 Å². The van der Waals surface area contributed by atoms with Crippen molar-refractivity contribution in [3.05, 3.63) is 186 Å². The maximum absolute atomic E-state index is 7.77. The van der Waals surface area contributed by atoms with Gasteiger partial charge in [-0.05, 0) is 163 Å². The smallest absolute Gasteiger partial charge is 0.337 e. The molecule has 2 aromatic heterocycles. The van der Waals surface area contributed by atoms with Crippen LogP contribution in [0.4, 0.5) is 28.6 Å². The Labute approximate surface area is 443 Å². The number of hydrogen-bond donors (Lipinski definition) is 0. The van der Waals surface area contributed by atoms with Crippen molar-refractivity contribution in [3.63, 3.8) is 0 Å². The summed E-state index contributed by atoms with van der Waals surface area (Å²) in [5.74, 6) is 0.858. The Morgan fingerprint density at radius 1 is 0.440 bits per heavy atom. The van der Waals surface area contributed by atoms with Crippen LogP contribution in [-0.2, 0) is 27.1 Å². The van der Waals surface area contributed by atoms with E-state index in [1.54, 1.807) is 0 Å². The highest BCUT2D eigenvalue weighted by molar-refractivity contribution is 6.95. The third-order valence-electron chi connectivity index (χ3n) is 18.6. The van der Waals surface area contributed by atoms with Crippen LogP contribution in [0.25, 0.3) is 66.3 Å². The van der Waals surface area contributed by atoms with E-state index in [9.17, 15) is 0 Å². The molecule has 14 rings (SSSR count). The molecule has 0 saturated carbocycles. The topological polar surface area (TPSA) is 32.8 Å². The predicted octanol–water partition coefficient (Wildman–Crippen LogP) is 18.4. The van der Waals surface area contributed by atoms with Crippen LogP contribution in [0.2, 0.25) is 0 Å². The predicted molar refractivity (Wildman–Crippen MR) is 317 cm³/mol. The Morgan fingerprint density at radius 3 is 1.75 bits per heavy atom. The third kappa shape index (κ3) is 6.81. The van der Waals surface area contributed by atoms with Crippen LogP contribution < -0.4 is 20.6 Å². The molecule has 0 saturated heterocycles. The number of nitrogens with zero attached hydrogens (tertiary/aromatic N) is 2. The molecule has 4 aliphatic rings. The van der Waals surface area contributed by atoms with Gasteiger partial charge in [0.2, 0.25) is 5.88 Å². The molecule has 5 heteroatoms. The number of benzene rings is 8. The lowest BCUT2D eigenvalue weighted by molar-refractivity contribution is 0.332. The summed E-state index contributed by atoms with van der Waals surface area (Å²) in [5.41, 5.74) is 23.7. The summed E-state index contributed by atoms with van der Waals surface area (Å²) in [6, 6.07) is 59.7. The lowest BCUT2D eigenvalue weighted by Crippen LogP contribution is -2.61. The van der Waals surface area contributed by atoms with E-state index in [1.165, 1.54) is 77.8 Å². The van der Waals surface area contributed by atoms with Gasteiger partial charge in [-0.15, -0.1) is 0 Å². The van der Waals surface area contributed by atoms with E-state index in [2.05, 4.69) is 244 Å². The minimum Gasteiger partial charge on any atom is -0.456 e. The number of hydrogen-bond acceptors (Lipinski definition) is 4. The highest BCUT2D eigenvalue weighted by Gasteiger charge is 2.51. The Kier molecular flexibility index (Phi) is 9.67. The average molecular weight is 979 g/mol. The van der Waals surface area contributed by atoms with Crippen LogP contribution in [0.5, 0.6) is 0 Å². The minimum absolute atomic E-state index is 0.00293. The Balaban J connectivity index is 1.18. The van der Waals surface area contributed by atoms with Crippen LogP contribution in [0.1, 0.15) is 130 Å². The summed E-state index contributed by atoms with van der Waals surface area (Å²) >= 11 is 0. The molecule has 0 unspecified atom stereocenters. The Bertz CT molecular complexity index is 4010. The second kappa shape index (κ2) is 15.7. The summed E-state index contributed by atoms with van der Waals surface area (Å²) in [4.78, 5) is 5.20. The number of anilines is 5. The summed E-state index contributed by atoms with van der Waals surface area (Å²) in [6.45, 7) is 26.2. The fourth-order valence-electron chi connectivity index (χ4n) is 13.9. The van der Waals surface area contributed by atoms with Crippen LogP contribution in [0.3, 0.4) is 0 Å². The standard InChI is InChI=1S/C70H67BN2O2/c1-66(2,3)45-27-31-55(48(37-45)43-22-16-13-17-23-43)72-57-41-60-61(47-24-18-19-25-58(47)74-60)62-49-36-44(42-20-14-12-15-21-42)26-30-56(49)73(46-28-29-51-52(38-46)68(6,7)33-32-67(51,4)5)71(64(57)62)63-50-39-53-54(40-59(50)75-65(63)72)70(10,11)35-34-69(53,8)9/h12-31,36-41H,32-35H2,1-11H3. The largest absolute Gasteiger partial charge is 0.456 e. The second-order valence-electron chi connectivity index (χ2n) is 26.2. The summed E-state index contributed by atoms with van der Waals surface area (Å²) < 4.78 is 14.9. The van der Waals surface area contributed by atoms with E-state index in [0.717, 1.165) is 81.6 Å². The molecule has 2 aliphatic carbocycles. The lowest BCUT2D eigenvalue weighted by Gasteiger charge is -2.46. The van der Waals surface area contributed by atoms with Gasteiger partial charge in [0.05, 0.1) is 11.4 Å². The number of fused-ring (bicyclic) bond motifs is 12. The van der Waals surface area contributed by atoms with Crippen molar-refractivity contribution in [2.75, 3.05) is 9.71 Å². The maximum atomic E-state index is 7.77. The first kappa shape index (κ1) is 46.3. The highest BCUT2D eigenvalue weighted by atomic mass is 16.4. The monoisotopic (exact) mass is 979 g/mol. The molecule has 4 heterocycles. The molecule has 0 bridgehead atoms. The van der Waals surface area contributed by atoms with Gasteiger partial charge in [0.1, 0.15) is 16.7 Å². The van der Waals surface area contributed by atoms with E-state index in [-0.39, 0.29) is 33.9 Å². The van der Waals surface area contributed by atoms with Crippen molar-refractivity contribution in [1.29, 1.82) is 0 Å². The van der Waals surface area contributed by atoms with Crippen molar-refractivity contribution in [3.8, 4) is 33.4 Å². The van der Waals surface area contributed by atoms with E-state index >= 15 is 0 Å². The molecule has 8 aromatic carbocycles. The molecule has 0 fully saturated rings. The first-order valence-corrected chi connectivity index (χ1v) is 27.5. The molecule has 0 radical (unpaired) electrons. The normalized spacial score (nSPS) is 17.7. The van der Waals surface area contributed by atoms with Gasteiger partial charge in [-0.1, -0.05) is 173 Å². The second-order valence-corrected chi connectivity index (χ2v) is 26.2. The molecule has 75 heavy (non-hydrogen) atoms. The Hall–Kier alpha value is -7.24. The highest BCUT2D eigenvalue weighted by Crippen LogP contribution is 2.56. The Morgan fingerprint density at radius 2 is 1.05 bits per heavy atom. The molecule has 0 N–H and O–H groups in total. The summed E-state index contributed by atoms with van der Waals surface area (Å²) in [5, 5.41) is 3.45. The molecule has 0 atom stereocenters. The van der Waals surface area contributed by atoms with E-state index in [4.69, 9.17) is 8.83 Å². The van der Waals surface area contributed by atoms with Crippen molar-refractivity contribution >= 4 is 79.3 Å². The van der Waals surface area contributed by atoms with Crippen LogP contribution in [0.15, 0.2) is 167 Å². The van der Waals surface area contributed by atoms with Crippen molar-refractivity contribution in [2.24, 2.45) is 0 Å². The van der Waals surface area contributed by atoms with Gasteiger partial charge in [0, 0.05) is 50.2 Å². The number of rotatable bonds is 4. The van der Waals surface area contributed by atoms with Gasteiger partial charge in [0.25, 0.3) is 0 Å². The fourth-order valence-corrected chi connectivity index (χ4v) is 13.9. The quantitative estimate of drug-likeness (QED) is 0.165. The summed E-state index contributed by atoms with van der Waals surface area (Å²) in [7, 11) is 0. The van der Waals surface area contributed by atoms with Crippen LogP contribution in [-0.4, -0.2) is 6.85 Å². The number of furan rings is 2. The zero-order valence-electron chi connectivity index (χ0n) is 45.6. The third-order valence-corrected chi connectivity index (χ3v) is 18.6. The minimum atomic E-state index is -0.278.